The highest BCUT2D eigenvalue weighted by Gasteiger charge is 1.94. The molecule has 0 fully saturated rings. The van der Waals surface area contributed by atoms with Crippen LogP contribution in [0, 0.1) is 17.2 Å². The second-order valence-electron chi connectivity index (χ2n) is 2.30. The zero-order chi connectivity index (χ0) is 11.2. The van der Waals surface area contributed by atoms with Gasteiger partial charge in [0.05, 0.1) is 0 Å². The number of nitrogens with zero attached hydrogens (tertiary/aromatic N) is 1. The van der Waals surface area contributed by atoms with Crippen LogP contribution in [0.4, 0.5) is 0 Å². The number of halogens is 1. The summed E-state index contributed by atoms with van der Waals surface area (Å²) in [5, 5.41) is 0. The van der Waals surface area contributed by atoms with Gasteiger partial charge in [0.15, 0.2) is 0 Å². The molecule has 0 unspecified atom stereocenters. The first kappa shape index (κ1) is 13.1. The van der Waals surface area contributed by atoms with E-state index in [2.05, 4.69) is 0 Å². The van der Waals surface area contributed by atoms with Gasteiger partial charge < -0.3 is 0 Å². The fraction of sp³-hybridized carbons (Fsp3) is 0.286. The van der Waals surface area contributed by atoms with E-state index in [1.807, 2.05) is 31.5 Å². The van der Waals surface area contributed by atoms with Gasteiger partial charge >= 0.3 is 0 Å². The minimum absolute atomic E-state index is 1.19. The van der Waals surface area contributed by atoms with Crippen molar-refractivity contribution in [3.63, 3.8) is 0 Å². The normalized spacial score (nSPS) is 10.1. The van der Waals surface area contributed by atoms with Gasteiger partial charge in [0.1, 0.15) is 7.11 Å². The summed E-state index contributed by atoms with van der Waals surface area (Å²) in [6.07, 6.45) is 3.77. The van der Waals surface area contributed by atoms with Crippen molar-refractivity contribution in [3.05, 3.63) is 30.1 Å². The molecule has 1 rings (SSSR count). The van der Waals surface area contributed by atoms with Gasteiger partial charge in [0, 0.05) is 16.4 Å². The van der Waals surface area contributed by atoms with E-state index in [4.69, 9.17) is 23.5 Å². The van der Waals surface area contributed by atoms with Crippen molar-refractivity contribution in [3.8, 4) is 0 Å². The number of hydrogen-bond donors (Lipinski definition) is 0. The van der Waals surface area contributed by atoms with Crippen LogP contribution in [0.2, 0.25) is 0 Å². The van der Waals surface area contributed by atoms with Crippen LogP contribution in [-0.4, -0.2) is 7.11 Å². The van der Waals surface area contributed by atoms with Crippen LogP contribution in [0.25, 0.3) is 0 Å². The van der Waals surface area contributed by atoms with E-state index < -0.39 is 10.2 Å². The van der Waals surface area contributed by atoms with Crippen molar-refractivity contribution in [1.82, 2.24) is 0 Å². The number of aromatic nitrogens is 1. The standard InChI is InChI=1S/C7H10NO.ClHO4/c1-7-4-3-5-8(6-7)9-2;2-1(3,4)5/h3-6H,1-2H3;(H,2,3,4,5)/q+1;/p-1. The van der Waals surface area contributed by atoms with Gasteiger partial charge in [-0.25, -0.2) is 18.6 Å². The molecule has 0 aliphatic rings. The monoisotopic (exact) mass is 223 g/mol. The summed E-state index contributed by atoms with van der Waals surface area (Å²) in [4.78, 5) is 4.91. The highest BCUT2D eigenvalue weighted by Crippen LogP contribution is 1.86. The van der Waals surface area contributed by atoms with E-state index in [9.17, 15) is 0 Å². The summed E-state index contributed by atoms with van der Waals surface area (Å²) in [6.45, 7) is 2.02. The van der Waals surface area contributed by atoms with Crippen LogP contribution in [-0.2, 0) is 0 Å². The Hall–Kier alpha value is -0.920. The lowest BCUT2D eigenvalue weighted by Gasteiger charge is -2.17. The Labute approximate surface area is 83.3 Å². The third-order valence-electron chi connectivity index (χ3n) is 1.13. The van der Waals surface area contributed by atoms with E-state index in [1.165, 1.54) is 5.56 Å². The van der Waals surface area contributed by atoms with Crippen molar-refractivity contribution in [2.75, 3.05) is 7.11 Å². The molecule has 0 saturated heterocycles. The summed E-state index contributed by atoms with van der Waals surface area (Å²) >= 11 is 0. The molecule has 0 bridgehead atoms. The van der Waals surface area contributed by atoms with Crippen LogP contribution in [0.5, 0.6) is 0 Å². The van der Waals surface area contributed by atoms with Crippen molar-refractivity contribution in [2.24, 2.45) is 0 Å². The predicted octanol–water partition coefficient (Wildman–Crippen LogP) is -4.42. The van der Waals surface area contributed by atoms with E-state index in [0.29, 0.717) is 0 Å². The second kappa shape index (κ2) is 5.74. The topological polar surface area (TPSA) is 105 Å². The SMILES string of the molecule is CO[n+]1cccc(C)c1.[O-][Cl+3]([O-])([O-])[O-]. The molecule has 1 aromatic rings. The van der Waals surface area contributed by atoms with E-state index in [0.717, 1.165) is 0 Å². The molecule has 0 saturated carbocycles. The van der Waals surface area contributed by atoms with Gasteiger partial charge in [0.2, 0.25) is 12.4 Å². The molecule has 6 nitrogen and oxygen atoms in total. The Morgan fingerprint density at radius 1 is 1.29 bits per heavy atom. The van der Waals surface area contributed by atoms with Gasteiger partial charge in [-0.2, -0.15) is 0 Å². The Morgan fingerprint density at radius 2 is 1.79 bits per heavy atom. The molecule has 1 heterocycles. The van der Waals surface area contributed by atoms with E-state index in [-0.39, 0.29) is 0 Å². The van der Waals surface area contributed by atoms with Gasteiger partial charge in [-0.15, -0.1) is 10.2 Å². The first-order valence-corrected chi connectivity index (χ1v) is 4.70. The minimum atomic E-state index is -4.94. The average molecular weight is 224 g/mol. The van der Waals surface area contributed by atoms with Crippen LogP contribution in [0.1, 0.15) is 5.56 Å². The average Bonchev–Trinajstić information content (AvgIpc) is 2.01. The van der Waals surface area contributed by atoms with Crippen LogP contribution < -0.4 is 28.2 Å². The zero-order valence-corrected chi connectivity index (χ0v) is 8.43. The Bertz CT molecular complexity index is 269. The second-order valence-corrected chi connectivity index (χ2v) is 3.06. The lowest BCUT2D eigenvalue weighted by atomic mass is 10.3. The fourth-order valence-electron chi connectivity index (χ4n) is 0.680. The predicted molar refractivity (Wildman–Crippen MR) is 33.9 cm³/mol. The molecule has 0 aromatic carbocycles. The molecule has 14 heavy (non-hydrogen) atoms. The first-order valence-electron chi connectivity index (χ1n) is 3.47. The molecule has 0 radical (unpaired) electrons. The largest absolute Gasteiger partial charge is 0.275 e. The number of aryl methyl sites for hydroxylation is 1. The maximum absolute atomic E-state index is 8.49. The molecule has 0 N–H and O–H groups in total. The smallest absolute Gasteiger partial charge is 0.225 e. The van der Waals surface area contributed by atoms with Gasteiger partial charge in [-0.05, 0) is 13.0 Å². The summed E-state index contributed by atoms with van der Waals surface area (Å²) in [5.41, 5.74) is 1.19. The third-order valence-corrected chi connectivity index (χ3v) is 1.13. The van der Waals surface area contributed by atoms with Crippen molar-refractivity contribution in [1.29, 1.82) is 0 Å². The molecule has 1 aromatic heterocycles. The summed E-state index contributed by atoms with van der Waals surface area (Å²) in [6, 6.07) is 3.97. The van der Waals surface area contributed by atoms with Crippen LogP contribution in [0.3, 0.4) is 0 Å². The molecule has 0 amide bonds. The Morgan fingerprint density at radius 3 is 2.07 bits per heavy atom. The van der Waals surface area contributed by atoms with E-state index >= 15 is 0 Å². The summed E-state index contributed by atoms with van der Waals surface area (Å²) in [7, 11) is -3.31. The quantitative estimate of drug-likeness (QED) is 0.447. The lowest BCUT2D eigenvalue weighted by molar-refractivity contribution is -2.00. The molecule has 0 atom stereocenters. The molecule has 0 aliphatic carbocycles. The first-order chi connectivity index (χ1) is 6.33. The summed E-state index contributed by atoms with van der Waals surface area (Å²) < 4.78 is 35.6. The molecule has 80 valence electrons. The zero-order valence-electron chi connectivity index (χ0n) is 7.68. The third kappa shape index (κ3) is 9.17. The molecular weight excluding hydrogens is 214 g/mol. The maximum atomic E-state index is 8.49. The van der Waals surface area contributed by atoms with Crippen LogP contribution in [0.15, 0.2) is 24.5 Å². The fourth-order valence-corrected chi connectivity index (χ4v) is 0.680. The highest BCUT2D eigenvalue weighted by atomic mass is 35.7. The van der Waals surface area contributed by atoms with Gasteiger partial charge in [0.25, 0.3) is 0 Å². The maximum Gasteiger partial charge on any atom is 0.225 e. The number of hydrogen-bond acceptors (Lipinski definition) is 5. The van der Waals surface area contributed by atoms with Gasteiger partial charge in [-0.1, -0.05) is 0 Å². The van der Waals surface area contributed by atoms with Crippen molar-refractivity contribution < 1.29 is 38.4 Å². The van der Waals surface area contributed by atoms with Crippen molar-refractivity contribution >= 4 is 0 Å². The van der Waals surface area contributed by atoms with Crippen LogP contribution >= 0.6 is 0 Å². The number of rotatable bonds is 1. The molecule has 0 spiro atoms. The molecule has 0 aliphatic heterocycles. The van der Waals surface area contributed by atoms with Gasteiger partial charge in [-0.3, -0.25) is 4.84 Å². The number of pyridine rings is 1. The Balaban J connectivity index is 0.000000292. The van der Waals surface area contributed by atoms with E-state index in [1.54, 1.807) is 11.8 Å². The minimum Gasteiger partial charge on any atom is -0.275 e. The molecule has 7 heteroatoms. The van der Waals surface area contributed by atoms with Crippen molar-refractivity contribution in [2.45, 2.75) is 6.92 Å². The lowest BCUT2D eigenvalue weighted by Crippen LogP contribution is -2.68. The molecular formula is C7H10ClNO5. The highest BCUT2D eigenvalue weighted by molar-refractivity contribution is 5.00. The Kier molecular flexibility index (Phi) is 5.36. The summed E-state index contributed by atoms with van der Waals surface area (Å²) in [5.74, 6) is 0.